The van der Waals surface area contributed by atoms with Gasteiger partial charge in [0.15, 0.2) is 11.5 Å². The number of rotatable bonds is 10. The summed E-state index contributed by atoms with van der Waals surface area (Å²) in [6.07, 6.45) is 2.32. The summed E-state index contributed by atoms with van der Waals surface area (Å²) in [5, 5.41) is 12.6. The molecule has 1 N–H and O–H groups in total. The van der Waals surface area contributed by atoms with E-state index < -0.39 is 11.9 Å². The van der Waals surface area contributed by atoms with E-state index in [1.165, 1.54) is 24.5 Å². The predicted molar refractivity (Wildman–Crippen MR) is 125 cm³/mol. The number of nitrogens with one attached hydrogen (secondary N) is 1. The highest BCUT2D eigenvalue weighted by molar-refractivity contribution is 7.16. The predicted octanol–water partition coefficient (Wildman–Crippen LogP) is 5.39. The molecule has 0 aliphatic rings. The van der Waals surface area contributed by atoms with E-state index in [0.29, 0.717) is 28.7 Å². The molecule has 2 aromatic rings. The van der Waals surface area contributed by atoms with Crippen molar-refractivity contribution >= 4 is 34.3 Å². The minimum absolute atomic E-state index is 0.108. The fourth-order valence-corrected chi connectivity index (χ4v) is 3.78. The number of thiophene rings is 1. The van der Waals surface area contributed by atoms with E-state index in [1.807, 2.05) is 26.8 Å². The summed E-state index contributed by atoms with van der Waals surface area (Å²) < 4.78 is 16.1. The minimum atomic E-state index is -0.611. The summed E-state index contributed by atoms with van der Waals surface area (Å²) in [5.74, 6) is 0.148. The van der Waals surface area contributed by atoms with Crippen LogP contribution in [0.15, 0.2) is 29.8 Å². The first-order chi connectivity index (χ1) is 15.3. The summed E-state index contributed by atoms with van der Waals surface area (Å²) in [6, 6.07) is 8.82. The van der Waals surface area contributed by atoms with Gasteiger partial charge >= 0.3 is 5.97 Å². The largest absolute Gasteiger partial charge is 0.493 e. The van der Waals surface area contributed by atoms with Crippen LogP contribution in [0.2, 0.25) is 0 Å². The summed E-state index contributed by atoms with van der Waals surface area (Å²) in [7, 11) is 1.53. The normalized spacial score (nSPS) is 11.1. The van der Waals surface area contributed by atoms with Crippen LogP contribution in [0.3, 0.4) is 0 Å². The third kappa shape index (κ3) is 6.34. The Morgan fingerprint density at radius 2 is 1.97 bits per heavy atom. The quantitative estimate of drug-likeness (QED) is 0.292. The van der Waals surface area contributed by atoms with Gasteiger partial charge < -0.3 is 19.5 Å². The molecule has 0 unspecified atom stereocenters. The van der Waals surface area contributed by atoms with Gasteiger partial charge in [0.1, 0.15) is 16.6 Å². The van der Waals surface area contributed by atoms with E-state index in [-0.39, 0.29) is 23.7 Å². The van der Waals surface area contributed by atoms with Gasteiger partial charge in [0.2, 0.25) is 0 Å². The molecular weight excluding hydrogens is 428 g/mol. The number of methoxy groups -OCH3 is 1. The Morgan fingerprint density at radius 3 is 2.56 bits per heavy atom. The van der Waals surface area contributed by atoms with Gasteiger partial charge in [-0.05, 0) is 49.1 Å². The van der Waals surface area contributed by atoms with Crippen LogP contribution in [0.1, 0.15) is 60.8 Å². The van der Waals surface area contributed by atoms with Gasteiger partial charge in [-0.1, -0.05) is 26.8 Å². The van der Waals surface area contributed by atoms with Crippen molar-refractivity contribution in [2.75, 3.05) is 25.6 Å². The number of anilines is 1. The number of benzene rings is 1. The third-order valence-corrected chi connectivity index (χ3v) is 5.72. The molecule has 0 fully saturated rings. The molecule has 1 heterocycles. The second-order valence-electron chi connectivity index (χ2n) is 7.15. The molecule has 1 amide bonds. The highest BCUT2D eigenvalue weighted by Gasteiger charge is 2.21. The molecule has 0 saturated carbocycles. The van der Waals surface area contributed by atoms with Gasteiger partial charge in [-0.2, -0.15) is 5.26 Å². The molecule has 0 radical (unpaired) electrons. The zero-order chi connectivity index (χ0) is 23.7. The number of ether oxygens (including phenoxy) is 3. The molecule has 1 aromatic carbocycles. The smallest absolute Gasteiger partial charge is 0.341 e. The molecule has 1 aromatic heterocycles. The highest BCUT2D eigenvalue weighted by Crippen LogP contribution is 2.34. The van der Waals surface area contributed by atoms with E-state index >= 15 is 0 Å². The fourth-order valence-electron chi connectivity index (χ4n) is 2.74. The van der Waals surface area contributed by atoms with Crippen molar-refractivity contribution in [1.82, 2.24) is 0 Å². The number of nitrogens with zero attached hydrogens (tertiary/aromatic N) is 1. The van der Waals surface area contributed by atoms with E-state index in [0.717, 1.165) is 11.3 Å². The lowest BCUT2D eigenvalue weighted by atomic mass is 10.1. The van der Waals surface area contributed by atoms with Crippen LogP contribution < -0.4 is 14.8 Å². The van der Waals surface area contributed by atoms with Crippen LogP contribution in [0.5, 0.6) is 11.5 Å². The standard InChI is InChI=1S/C24H28N2O5S/c1-6-10-31-19-9-8-16(12-20(19)29-5)11-17(14-25)22(27)26-23-18(24(28)30-7-2)13-21(32-23)15(3)4/h8-9,11-13,15H,6-7,10H2,1-5H3,(H,26,27). The summed E-state index contributed by atoms with van der Waals surface area (Å²) in [6.45, 7) is 8.49. The van der Waals surface area contributed by atoms with Gasteiger partial charge in [-0.15, -0.1) is 11.3 Å². The Balaban J connectivity index is 2.31. The molecule has 7 nitrogen and oxygen atoms in total. The maximum atomic E-state index is 12.8. The van der Waals surface area contributed by atoms with Gasteiger partial charge in [-0.3, -0.25) is 4.79 Å². The van der Waals surface area contributed by atoms with Gasteiger partial charge in [0, 0.05) is 4.88 Å². The molecule has 0 bridgehead atoms. The monoisotopic (exact) mass is 456 g/mol. The molecule has 8 heteroatoms. The lowest BCUT2D eigenvalue weighted by molar-refractivity contribution is -0.112. The second-order valence-corrected chi connectivity index (χ2v) is 8.23. The summed E-state index contributed by atoms with van der Waals surface area (Å²) in [5.41, 5.74) is 0.783. The molecule has 0 spiro atoms. The van der Waals surface area contributed by atoms with Crippen LogP contribution in [0.4, 0.5) is 5.00 Å². The van der Waals surface area contributed by atoms with Crippen LogP contribution in [-0.4, -0.2) is 32.2 Å². The van der Waals surface area contributed by atoms with Crippen molar-refractivity contribution in [3.05, 3.63) is 45.8 Å². The maximum absolute atomic E-state index is 12.8. The van der Waals surface area contributed by atoms with Gasteiger partial charge in [0.25, 0.3) is 5.91 Å². The topological polar surface area (TPSA) is 97.7 Å². The molecule has 2 rings (SSSR count). The van der Waals surface area contributed by atoms with Gasteiger partial charge in [0.05, 0.1) is 25.9 Å². The van der Waals surface area contributed by atoms with E-state index in [4.69, 9.17) is 14.2 Å². The lowest BCUT2D eigenvalue weighted by Crippen LogP contribution is -2.15. The first-order valence-electron chi connectivity index (χ1n) is 10.4. The Kier molecular flexibility index (Phi) is 9.29. The number of hydrogen-bond acceptors (Lipinski definition) is 7. The first-order valence-corrected chi connectivity index (χ1v) is 11.2. The third-order valence-electron chi connectivity index (χ3n) is 4.37. The summed E-state index contributed by atoms with van der Waals surface area (Å²) >= 11 is 1.29. The number of carbonyl (C=O) groups is 2. The fraction of sp³-hybridized carbons (Fsp3) is 0.375. The average molecular weight is 457 g/mol. The van der Waals surface area contributed by atoms with Crippen LogP contribution in [0.25, 0.3) is 6.08 Å². The molecule has 0 aliphatic heterocycles. The van der Waals surface area contributed by atoms with E-state index in [9.17, 15) is 14.9 Å². The Labute approximate surface area is 192 Å². The van der Waals surface area contributed by atoms with Crippen LogP contribution >= 0.6 is 11.3 Å². The first kappa shape index (κ1) is 25.0. The molecule has 0 atom stereocenters. The van der Waals surface area contributed by atoms with Crippen molar-refractivity contribution in [1.29, 1.82) is 5.26 Å². The maximum Gasteiger partial charge on any atom is 0.341 e. The van der Waals surface area contributed by atoms with E-state index in [1.54, 1.807) is 31.2 Å². The lowest BCUT2D eigenvalue weighted by Gasteiger charge is -2.10. The van der Waals surface area contributed by atoms with Gasteiger partial charge in [-0.25, -0.2) is 4.79 Å². The Bertz CT molecular complexity index is 1030. The van der Waals surface area contributed by atoms with Crippen molar-refractivity contribution in [2.45, 2.75) is 40.0 Å². The second kappa shape index (κ2) is 11.9. The molecule has 0 saturated heterocycles. The molecule has 32 heavy (non-hydrogen) atoms. The number of amides is 1. The zero-order valence-electron chi connectivity index (χ0n) is 19.0. The Morgan fingerprint density at radius 1 is 1.22 bits per heavy atom. The van der Waals surface area contributed by atoms with Crippen LogP contribution in [0, 0.1) is 11.3 Å². The van der Waals surface area contributed by atoms with Crippen molar-refractivity contribution in [3.8, 4) is 17.6 Å². The van der Waals surface area contributed by atoms with E-state index in [2.05, 4.69) is 5.32 Å². The average Bonchev–Trinajstić information content (AvgIpc) is 3.20. The molecular formula is C24H28N2O5S. The minimum Gasteiger partial charge on any atom is -0.493 e. The highest BCUT2D eigenvalue weighted by atomic mass is 32.1. The van der Waals surface area contributed by atoms with Crippen molar-refractivity contribution < 1.29 is 23.8 Å². The summed E-state index contributed by atoms with van der Waals surface area (Å²) in [4.78, 5) is 26.1. The van der Waals surface area contributed by atoms with Crippen LogP contribution in [-0.2, 0) is 9.53 Å². The number of hydrogen-bond donors (Lipinski definition) is 1. The zero-order valence-corrected chi connectivity index (χ0v) is 19.8. The number of esters is 1. The number of nitriles is 1. The molecule has 0 aliphatic carbocycles. The number of carbonyl (C=O) groups excluding carboxylic acids is 2. The molecule has 170 valence electrons. The van der Waals surface area contributed by atoms with Crippen molar-refractivity contribution in [3.63, 3.8) is 0 Å². The van der Waals surface area contributed by atoms with Crippen molar-refractivity contribution in [2.24, 2.45) is 0 Å². The Hall–Kier alpha value is -3.31. The SMILES string of the molecule is CCCOc1ccc(C=C(C#N)C(=O)Nc2sc(C(C)C)cc2C(=O)OCC)cc1OC.